The SMILES string of the molecule is CCOc1ccc(C(C)(C)C)cc1S(=O)(=O)Nc1cc(C)ccn1. The lowest BCUT2D eigenvalue weighted by Crippen LogP contribution is -2.18. The van der Waals surface area contributed by atoms with Crippen molar-refractivity contribution in [3.05, 3.63) is 47.7 Å². The van der Waals surface area contributed by atoms with E-state index in [0.717, 1.165) is 11.1 Å². The zero-order valence-corrected chi connectivity index (χ0v) is 15.6. The average Bonchev–Trinajstić information content (AvgIpc) is 2.46. The first-order chi connectivity index (χ1) is 11.1. The number of pyridine rings is 1. The Labute approximate surface area is 144 Å². The molecule has 0 aliphatic rings. The van der Waals surface area contributed by atoms with Crippen LogP contribution in [0.5, 0.6) is 5.75 Å². The van der Waals surface area contributed by atoms with E-state index < -0.39 is 10.0 Å². The molecular weight excluding hydrogens is 324 g/mol. The minimum Gasteiger partial charge on any atom is -0.492 e. The van der Waals surface area contributed by atoms with Gasteiger partial charge in [0, 0.05) is 6.20 Å². The van der Waals surface area contributed by atoms with Gasteiger partial charge < -0.3 is 4.74 Å². The van der Waals surface area contributed by atoms with E-state index in [0.29, 0.717) is 18.2 Å². The van der Waals surface area contributed by atoms with Crippen LogP contribution in [0.25, 0.3) is 0 Å². The van der Waals surface area contributed by atoms with Gasteiger partial charge in [0.05, 0.1) is 6.61 Å². The molecule has 0 atom stereocenters. The first-order valence-corrected chi connectivity index (χ1v) is 9.34. The Morgan fingerprint density at radius 3 is 2.46 bits per heavy atom. The monoisotopic (exact) mass is 348 g/mol. The highest BCUT2D eigenvalue weighted by atomic mass is 32.2. The Bertz CT molecular complexity index is 824. The van der Waals surface area contributed by atoms with E-state index in [1.54, 1.807) is 24.4 Å². The molecule has 0 saturated carbocycles. The van der Waals surface area contributed by atoms with E-state index >= 15 is 0 Å². The number of hydrogen-bond acceptors (Lipinski definition) is 4. The maximum atomic E-state index is 12.9. The lowest BCUT2D eigenvalue weighted by molar-refractivity contribution is 0.331. The number of aryl methyl sites for hydroxylation is 1. The lowest BCUT2D eigenvalue weighted by Gasteiger charge is -2.21. The summed E-state index contributed by atoms with van der Waals surface area (Å²) in [6.07, 6.45) is 1.57. The van der Waals surface area contributed by atoms with E-state index in [4.69, 9.17) is 4.74 Å². The fourth-order valence-corrected chi connectivity index (χ4v) is 3.41. The van der Waals surface area contributed by atoms with Crippen LogP contribution in [0, 0.1) is 6.92 Å². The molecule has 24 heavy (non-hydrogen) atoms. The van der Waals surface area contributed by atoms with E-state index in [9.17, 15) is 8.42 Å². The number of rotatable bonds is 5. The van der Waals surface area contributed by atoms with Crippen LogP contribution in [0.1, 0.15) is 38.8 Å². The highest BCUT2D eigenvalue weighted by Gasteiger charge is 2.24. The van der Waals surface area contributed by atoms with Gasteiger partial charge in [-0.3, -0.25) is 4.72 Å². The summed E-state index contributed by atoms with van der Waals surface area (Å²) in [5.74, 6) is 0.629. The zero-order chi connectivity index (χ0) is 18.0. The largest absolute Gasteiger partial charge is 0.492 e. The van der Waals surface area contributed by atoms with Crippen LogP contribution in [-0.4, -0.2) is 20.0 Å². The number of hydrogen-bond donors (Lipinski definition) is 1. The van der Waals surface area contributed by atoms with E-state index in [2.05, 4.69) is 9.71 Å². The molecule has 0 radical (unpaired) electrons. The van der Waals surface area contributed by atoms with E-state index in [1.807, 2.05) is 46.8 Å². The van der Waals surface area contributed by atoms with Crippen molar-refractivity contribution in [3.63, 3.8) is 0 Å². The summed E-state index contributed by atoms with van der Waals surface area (Å²) in [6.45, 7) is 10.2. The molecule has 0 unspecified atom stereocenters. The zero-order valence-electron chi connectivity index (χ0n) is 14.8. The van der Waals surface area contributed by atoms with Crippen LogP contribution in [0.15, 0.2) is 41.4 Å². The van der Waals surface area contributed by atoms with Gasteiger partial charge in [0.2, 0.25) is 0 Å². The molecular formula is C18H24N2O3S. The molecule has 130 valence electrons. The Hall–Kier alpha value is -2.08. The third-order valence-corrected chi connectivity index (χ3v) is 4.93. The van der Waals surface area contributed by atoms with Gasteiger partial charge in [-0.15, -0.1) is 0 Å². The number of nitrogens with one attached hydrogen (secondary N) is 1. The fourth-order valence-electron chi connectivity index (χ4n) is 2.24. The average molecular weight is 348 g/mol. The molecule has 2 aromatic rings. The second-order valence-electron chi connectivity index (χ2n) is 6.67. The van der Waals surface area contributed by atoms with Crippen LogP contribution < -0.4 is 9.46 Å². The standard InChI is InChI=1S/C18H24N2O3S/c1-6-23-15-8-7-14(18(3,4)5)12-16(15)24(21,22)20-17-11-13(2)9-10-19-17/h7-12H,6H2,1-5H3,(H,19,20). The third kappa shape index (κ3) is 4.26. The van der Waals surface area contributed by atoms with Gasteiger partial charge in [-0.05, 0) is 54.7 Å². The van der Waals surface area contributed by atoms with Gasteiger partial charge in [0.15, 0.2) is 0 Å². The number of benzene rings is 1. The fraction of sp³-hybridized carbons (Fsp3) is 0.389. The molecule has 0 saturated heterocycles. The van der Waals surface area contributed by atoms with Gasteiger partial charge in [0.25, 0.3) is 10.0 Å². The quantitative estimate of drug-likeness (QED) is 0.890. The number of sulfonamides is 1. The number of ether oxygens (including phenoxy) is 1. The lowest BCUT2D eigenvalue weighted by atomic mass is 9.87. The summed E-state index contributed by atoms with van der Waals surface area (Å²) in [6, 6.07) is 8.77. The molecule has 5 nitrogen and oxygen atoms in total. The summed E-state index contributed by atoms with van der Waals surface area (Å²) >= 11 is 0. The van der Waals surface area contributed by atoms with Gasteiger partial charge in [-0.1, -0.05) is 26.8 Å². The van der Waals surface area contributed by atoms with Gasteiger partial charge in [-0.2, -0.15) is 0 Å². The summed E-state index contributed by atoms with van der Waals surface area (Å²) in [5, 5.41) is 0. The van der Waals surface area contributed by atoms with Crippen LogP contribution in [-0.2, 0) is 15.4 Å². The molecule has 2 rings (SSSR count). The molecule has 0 aliphatic carbocycles. The minimum atomic E-state index is -3.80. The van der Waals surface area contributed by atoms with Crippen molar-refractivity contribution in [2.45, 2.75) is 44.9 Å². The summed E-state index contributed by atoms with van der Waals surface area (Å²) in [7, 11) is -3.80. The van der Waals surface area contributed by atoms with Gasteiger partial charge in [-0.25, -0.2) is 13.4 Å². The molecule has 0 amide bonds. The van der Waals surface area contributed by atoms with Crippen molar-refractivity contribution in [1.29, 1.82) is 0 Å². The Morgan fingerprint density at radius 1 is 1.17 bits per heavy atom. The molecule has 0 spiro atoms. The number of anilines is 1. The summed E-state index contributed by atoms with van der Waals surface area (Å²) in [4.78, 5) is 4.19. The highest BCUT2D eigenvalue weighted by Crippen LogP contribution is 2.31. The van der Waals surface area contributed by atoms with Crippen molar-refractivity contribution in [1.82, 2.24) is 4.98 Å². The topological polar surface area (TPSA) is 68.3 Å². The van der Waals surface area contributed by atoms with Crippen molar-refractivity contribution in [2.75, 3.05) is 11.3 Å². The smallest absolute Gasteiger partial charge is 0.266 e. The highest BCUT2D eigenvalue weighted by molar-refractivity contribution is 7.92. The Balaban J connectivity index is 2.50. The summed E-state index contributed by atoms with van der Waals surface area (Å²) in [5.41, 5.74) is 1.68. The van der Waals surface area contributed by atoms with Crippen molar-refractivity contribution in [3.8, 4) is 5.75 Å². The van der Waals surface area contributed by atoms with Crippen LogP contribution >= 0.6 is 0 Å². The van der Waals surface area contributed by atoms with Crippen molar-refractivity contribution < 1.29 is 13.2 Å². The molecule has 1 N–H and O–H groups in total. The molecule has 0 aliphatic heterocycles. The number of nitrogens with zero attached hydrogens (tertiary/aromatic N) is 1. The van der Waals surface area contributed by atoms with Crippen LogP contribution in [0.4, 0.5) is 5.82 Å². The van der Waals surface area contributed by atoms with E-state index in [1.165, 1.54) is 0 Å². The summed E-state index contributed by atoms with van der Waals surface area (Å²) < 4.78 is 33.8. The predicted molar refractivity (Wildman–Crippen MR) is 96.1 cm³/mol. The maximum absolute atomic E-state index is 12.9. The van der Waals surface area contributed by atoms with E-state index in [-0.39, 0.29) is 10.3 Å². The Kier molecular flexibility index (Phi) is 5.18. The normalized spacial score (nSPS) is 12.0. The first-order valence-electron chi connectivity index (χ1n) is 7.86. The first kappa shape index (κ1) is 18.3. The number of aromatic nitrogens is 1. The molecule has 1 aromatic carbocycles. The predicted octanol–water partition coefficient (Wildman–Crippen LogP) is 3.89. The molecule has 0 fully saturated rings. The molecule has 1 heterocycles. The second-order valence-corrected chi connectivity index (χ2v) is 8.32. The van der Waals surface area contributed by atoms with Gasteiger partial charge in [0.1, 0.15) is 16.5 Å². The maximum Gasteiger partial charge on any atom is 0.266 e. The second kappa shape index (κ2) is 6.81. The van der Waals surface area contributed by atoms with Crippen LogP contribution in [0.2, 0.25) is 0 Å². The minimum absolute atomic E-state index is 0.125. The molecule has 0 bridgehead atoms. The Morgan fingerprint density at radius 2 is 1.88 bits per heavy atom. The third-order valence-electron chi connectivity index (χ3n) is 3.55. The van der Waals surface area contributed by atoms with Crippen molar-refractivity contribution in [2.24, 2.45) is 0 Å². The molecule has 1 aromatic heterocycles. The van der Waals surface area contributed by atoms with Crippen molar-refractivity contribution >= 4 is 15.8 Å². The van der Waals surface area contributed by atoms with Gasteiger partial charge >= 0.3 is 0 Å². The van der Waals surface area contributed by atoms with Crippen LogP contribution in [0.3, 0.4) is 0 Å². The molecule has 6 heteroatoms.